The summed E-state index contributed by atoms with van der Waals surface area (Å²) in [6.45, 7) is 0.486. The summed E-state index contributed by atoms with van der Waals surface area (Å²) in [5.74, 6) is -0.851. The minimum Gasteiger partial charge on any atom is -0.496 e. The van der Waals surface area contributed by atoms with Crippen LogP contribution in [0.15, 0.2) is 18.3 Å². The van der Waals surface area contributed by atoms with Gasteiger partial charge in [-0.05, 0) is 6.07 Å². The Morgan fingerprint density at radius 2 is 2.25 bits per heavy atom. The molecular formula is C12H10Cl2N2O3S. The third-order valence-electron chi connectivity index (χ3n) is 2.50. The van der Waals surface area contributed by atoms with Crippen molar-refractivity contribution in [3.63, 3.8) is 0 Å². The molecule has 2 aromatic rings. The lowest BCUT2D eigenvalue weighted by Gasteiger charge is -2.11. The van der Waals surface area contributed by atoms with E-state index in [4.69, 9.17) is 33.0 Å². The fourth-order valence-electron chi connectivity index (χ4n) is 1.57. The van der Waals surface area contributed by atoms with E-state index in [1.54, 1.807) is 12.3 Å². The lowest BCUT2D eigenvalue weighted by Crippen LogP contribution is -2.04. The Hall–Kier alpha value is -1.50. The molecule has 0 spiro atoms. The summed E-state index contributed by atoms with van der Waals surface area (Å²) in [7, 11) is 1.41. The smallest absolute Gasteiger partial charge is 0.339 e. The number of carboxylic acid groups (broad SMARTS) is 1. The fraction of sp³-hybridized carbons (Fsp3) is 0.167. The normalized spacial score (nSPS) is 10.3. The van der Waals surface area contributed by atoms with Crippen molar-refractivity contribution in [1.82, 2.24) is 4.98 Å². The summed E-state index contributed by atoms with van der Waals surface area (Å²) in [5, 5.41) is 12.4. The average molecular weight is 333 g/mol. The Bertz CT molecular complexity index is 646. The zero-order valence-electron chi connectivity index (χ0n) is 10.3. The number of halogens is 2. The SMILES string of the molecule is COc1cc(NCc2cnc(Cl)s2)c(Cl)cc1C(=O)O. The summed E-state index contributed by atoms with van der Waals surface area (Å²) in [4.78, 5) is 15.9. The van der Waals surface area contributed by atoms with Crippen LogP contribution in [0.3, 0.4) is 0 Å². The molecule has 8 heteroatoms. The van der Waals surface area contributed by atoms with Crippen molar-refractivity contribution in [1.29, 1.82) is 0 Å². The molecule has 20 heavy (non-hydrogen) atoms. The van der Waals surface area contributed by atoms with Gasteiger partial charge in [0.2, 0.25) is 0 Å². The standard InChI is InChI=1S/C12H10Cl2N2O3S/c1-19-10-3-9(8(13)2-7(10)11(17)18)15-4-6-5-16-12(14)20-6/h2-3,5,15H,4H2,1H3,(H,17,18). The molecule has 0 fully saturated rings. The number of aromatic carboxylic acids is 1. The van der Waals surface area contributed by atoms with Crippen LogP contribution in [0.1, 0.15) is 15.2 Å². The third-order valence-corrected chi connectivity index (χ3v) is 3.93. The number of hydrogen-bond acceptors (Lipinski definition) is 5. The summed E-state index contributed by atoms with van der Waals surface area (Å²) in [6.07, 6.45) is 1.66. The van der Waals surface area contributed by atoms with Gasteiger partial charge in [-0.3, -0.25) is 0 Å². The van der Waals surface area contributed by atoms with Gasteiger partial charge in [-0.1, -0.05) is 23.2 Å². The third kappa shape index (κ3) is 3.33. The van der Waals surface area contributed by atoms with Gasteiger partial charge >= 0.3 is 5.97 Å². The van der Waals surface area contributed by atoms with Crippen LogP contribution in [0.4, 0.5) is 5.69 Å². The predicted molar refractivity (Wildman–Crippen MR) is 79.4 cm³/mol. The first-order valence-electron chi connectivity index (χ1n) is 5.46. The number of anilines is 1. The Morgan fingerprint density at radius 3 is 2.80 bits per heavy atom. The number of carbonyl (C=O) groups is 1. The molecule has 2 N–H and O–H groups in total. The van der Waals surface area contributed by atoms with Gasteiger partial charge in [0.1, 0.15) is 11.3 Å². The highest BCUT2D eigenvalue weighted by Gasteiger charge is 2.15. The topological polar surface area (TPSA) is 71.5 Å². The van der Waals surface area contributed by atoms with E-state index >= 15 is 0 Å². The van der Waals surface area contributed by atoms with E-state index in [2.05, 4.69) is 10.3 Å². The number of carboxylic acids is 1. The molecule has 2 rings (SSSR count). The van der Waals surface area contributed by atoms with E-state index in [-0.39, 0.29) is 11.3 Å². The molecule has 0 aliphatic rings. The lowest BCUT2D eigenvalue weighted by atomic mass is 10.2. The molecule has 0 atom stereocenters. The molecule has 0 saturated carbocycles. The van der Waals surface area contributed by atoms with Gasteiger partial charge in [0.25, 0.3) is 0 Å². The molecule has 0 radical (unpaired) electrons. The monoisotopic (exact) mass is 332 g/mol. The van der Waals surface area contributed by atoms with Crippen molar-refractivity contribution >= 4 is 46.2 Å². The second-order valence-electron chi connectivity index (χ2n) is 3.77. The van der Waals surface area contributed by atoms with Crippen LogP contribution in [0.2, 0.25) is 9.49 Å². The van der Waals surface area contributed by atoms with E-state index < -0.39 is 5.97 Å². The van der Waals surface area contributed by atoms with Gasteiger partial charge in [-0.2, -0.15) is 0 Å². The summed E-state index contributed by atoms with van der Waals surface area (Å²) in [6, 6.07) is 2.90. The van der Waals surface area contributed by atoms with E-state index in [0.29, 0.717) is 21.7 Å². The van der Waals surface area contributed by atoms with Crippen molar-refractivity contribution < 1.29 is 14.6 Å². The first-order valence-corrected chi connectivity index (χ1v) is 7.03. The number of hydrogen-bond donors (Lipinski definition) is 2. The Morgan fingerprint density at radius 1 is 1.50 bits per heavy atom. The Kier molecular flexibility index (Phi) is 4.69. The molecule has 5 nitrogen and oxygen atoms in total. The molecule has 106 valence electrons. The second-order valence-corrected chi connectivity index (χ2v) is 5.88. The number of benzene rings is 1. The molecule has 0 aliphatic carbocycles. The molecule has 0 bridgehead atoms. The minimum atomic E-state index is -1.09. The van der Waals surface area contributed by atoms with Crippen LogP contribution in [-0.2, 0) is 6.54 Å². The lowest BCUT2D eigenvalue weighted by molar-refractivity contribution is 0.0693. The summed E-state index contributed by atoms with van der Waals surface area (Å²) >= 11 is 13.2. The molecule has 1 aromatic heterocycles. The molecule has 0 aliphatic heterocycles. The first kappa shape index (κ1) is 14.9. The molecule has 0 amide bonds. The Balaban J connectivity index is 2.21. The van der Waals surface area contributed by atoms with E-state index in [9.17, 15) is 4.79 Å². The number of nitrogens with one attached hydrogen (secondary N) is 1. The van der Waals surface area contributed by atoms with E-state index in [1.807, 2.05) is 0 Å². The fourth-order valence-corrected chi connectivity index (χ4v) is 2.72. The van der Waals surface area contributed by atoms with Gasteiger partial charge in [0.15, 0.2) is 4.47 Å². The number of methoxy groups -OCH3 is 1. The van der Waals surface area contributed by atoms with Gasteiger partial charge < -0.3 is 15.2 Å². The minimum absolute atomic E-state index is 0.0175. The highest BCUT2D eigenvalue weighted by Crippen LogP contribution is 2.31. The van der Waals surface area contributed by atoms with Crippen LogP contribution in [0.25, 0.3) is 0 Å². The summed E-state index contributed by atoms with van der Waals surface area (Å²) < 4.78 is 5.51. The molecular weight excluding hydrogens is 323 g/mol. The average Bonchev–Trinajstić information content (AvgIpc) is 2.82. The van der Waals surface area contributed by atoms with E-state index in [0.717, 1.165) is 4.88 Å². The maximum atomic E-state index is 11.0. The molecule has 0 saturated heterocycles. The van der Waals surface area contributed by atoms with Crippen LogP contribution < -0.4 is 10.1 Å². The zero-order valence-corrected chi connectivity index (χ0v) is 12.6. The van der Waals surface area contributed by atoms with Crippen LogP contribution in [-0.4, -0.2) is 23.2 Å². The molecule has 1 heterocycles. The van der Waals surface area contributed by atoms with Crippen LogP contribution >= 0.6 is 34.5 Å². The van der Waals surface area contributed by atoms with Crippen molar-refractivity contribution in [2.75, 3.05) is 12.4 Å². The van der Waals surface area contributed by atoms with Gasteiger partial charge in [0.05, 0.1) is 24.4 Å². The quantitative estimate of drug-likeness (QED) is 0.871. The van der Waals surface area contributed by atoms with Gasteiger partial charge in [0, 0.05) is 17.1 Å². The van der Waals surface area contributed by atoms with Crippen molar-refractivity contribution in [2.45, 2.75) is 6.54 Å². The highest BCUT2D eigenvalue weighted by atomic mass is 35.5. The van der Waals surface area contributed by atoms with Gasteiger partial charge in [-0.15, -0.1) is 11.3 Å². The first-order chi connectivity index (χ1) is 9.51. The number of aromatic nitrogens is 1. The maximum Gasteiger partial charge on any atom is 0.339 e. The summed E-state index contributed by atoms with van der Waals surface area (Å²) in [5.41, 5.74) is 0.599. The van der Waals surface area contributed by atoms with Gasteiger partial charge in [-0.25, -0.2) is 9.78 Å². The predicted octanol–water partition coefficient (Wildman–Crippen LogP) is 3.77. The van der Waals surface area contributed by atoms with Crippen LogP contribution in [0, 0.1) is 0 Å². The number of thiazole rings is 1. The van der Waals surface area contributed by atoms with Crippen molar-refractivity contribution in [2.24, 2.45) is 0 Å². The largest absolute Gasteiger partial charge is 0.496 e. The Labute approximate surface area is 129 Å². The molecule has 0 unspecified atom stereocenters. The van der Waals surface area contributed by atoms with Crippen molar-refractivity contribution in [3.8, 4) is 5.75 Å². The number of nitrogens with zero attached hydrogens (tertiary/aromatic N) is 1. The number of rotatable bonds is 5. The molecule has 1 aromatic carbocycles. The zero-order chi connectivity index (χ0) is 14.7. The van der Waals surface area contributed by atoms with E-state index in [1.165, 1.54) is 24.5 Å². The second kappa shape index (κ2) is 6.30. The van der Waals surface area contributed by atoms with Crippen molar-refractivity contribution in [3.05, 3.63) is 38.3 Å². The highest BCUT2D eigenvalue weighted by molar-refractivity contribution is 7.15. The number of ether oxygens (including phenoxy) is 1. The van der Waals surface area contributed by atoms with Crippen LogP contribution in [0.5, 0.6) is 5.75 Å². The maximum absolute atomic E-state index is 11.0.